The molecule has 0 aliphatic carbocycles. The number of amides is 1. The summed E-state index contributed by atoms with van der Waals surface area (Å²) in [6, 6.07) is 4.04. The predicted molar refractivity (Wildman–Crippen MR) is 86.5 cm³/mol. The maximum absolute atomic E-state index is 12.8. The minimum absolute atomic E-state index is 0.109. The van der Waals surface area contributed by atoms with Gasteiger partial charge in [0.15, 0.2) is 0 Å². The number of aliphatic hydroxyl groups is 1. The Morgan fingerprint density at radius 1 is 1.55 bits per heavy atom. The molecule has 5 heteroatoms. The van der Waals surface area contributed by atoms with E-state index in [0.29, 0.717) is 13.0 Å². The largest absolute Gasteiger partial charge is 0.498 e. The number of nitrogens with zero attached hydrogens (tertiary/aromatic N) is 1. The third-order valence-corrected chi connectivity index (χ3v) is 5.55. The van der Waals surface area contributed by atoms with Crippen LogP contribution in [0, 0.1) is 0 Å². The van der Waals surface area contributed by atoms with E-state index in [1.54, 1.807) is 11.3 Å². The van der Waals surface area contributed by atoms with Gasteiger partial charge in [0.1, 0.15) is 5.76 Å². The number of ether oxygens (including phenoxy) is 1. The SMILES string of the molecule is CC1=C(C(=O)N2CCCC2CC(O)c2cccs2)CCCO1. The van der Waals surface area contributed by atoms with Crippen LogP contribution >= 0.6 is 11.3 Å². The minimum atomic E-state index is -0.476. The van der Waals surface area contributed by atoms with Crippen LogP contribution in [0.25, 0.3) is 0 Å². The van der Waals surface area contributed by atoms with E-state index in [-0.39, 0.29) is 11.9 Å². The summed E-state index contributed by atoms with van der Waals surface area (Å²) in [5.41, 5.74) is 0.823. The Kier molecular flexibility index (Phi) is 4.84. The van der Waals surface area contributed by atoms with E-state index >= 15 is 0 Å². The van der Waals surface area contributed by atoms with Crippen molar-refractivity contribution in [3.63, 3.8) is 0 Å². The summed E-state index contributed by atoms with van der Waals surface area (Å²) in [6.45, 7) is 3.39. The van der Waals surface area contributed by atoms with Gasteiger partial charge in [0, 0.05) is 17.5 Å². The van der Waals surface area contributed by atoms with Crippen LogP contribution in [0.4, 0.5) is 0 Å². The number of hydrogen-bond acceptors (Lipinski definition) is 4. The fraction of sp³-hybridized carbons (Fsp3) is 0.588. The second-order valence-corrected chi connectivity index (χ2v) is 7.03. The maximum atomic E-state index is 12.8. The van der Waals surface area contributed by atoms with Gasteiger partial charge in [-0.25, -0.2) is 0 Å². The molecule has 2 aliphatic rings. The average Bonchev–Trinajstić information content (AvgIpc) is 3.18. The normalized spacial score (nSPS) is 23.5. The molecule has 0 saturated carbocycles. The van der Waals surface area contributed by atoms with Gasteiger partial charge in [-0.05, 0) is 50.5 Å². The van der Waals surface area contributed by atoms with Gasteiger partial charge < -0.3 is 14.7 Å². The summed E-state index contributed by atoms with van der Waals surface area (Å²) in [7, 11) is 0. The molecule has 3 rings (SSSR count). The van der Waals surface area contributed by atoms with Gasteiger partial charge in [0.2, 0.25) is 0 Å². The van der Waals surface area contributed by atoms with Crippen molar-refractivity contribution >= 4 is 17.2 Å². The molecule has 2 unspecified atom stereocenters. The van der Waals surface area contributed by atoms with Crippen LogP contribution in [0.1, 0.15) is 50.0 Å². The van der Waals surface area contributed by atoms with Crippen molar-refractivity contribution in [2.45, 2.75) is 51.2 Å². The van der Waals surface area contributed by atoms with Gasteiger partial charge in [-0.2, -0.15) is 0 Å². The molecule has 1 amide bonds. The Morgan fingerprint density at radius 3 is 3.14 bits per heavy atom. The van der Waals surface area contributed by atoms with Crippen LogP contribution in [-0.4, -0.2) is 35.1 Å². The highest BCUT2D eigenvalue weighted by atomic mass is 32.1. The van der Waals surface area contributed by atoms with Crippen LogP contribution < -0.4 is 0 Å². The summed E-state index contributed by atoms with van der Waals surface area (Å²) in [4.78, 5) is 15.7. The fourth-order valence-corrected chi connectivity index (χ4v) is 4.10. The molecular formula is C17H23NO3S. The van der Waals surface area contributed by atoms with E-state index in [9.17, 15) is 9.90 Å². The Labute approximate surface area is 135 Å². The summed E-state index contributed by atoms with van der Waals surface area (Å²) in [6.07, 6.45) is 3.86. The van der Waals surface area contributed by atoms with Gasteiger partial charge in [-0.1, -0.05) is 6.07 Å². The van der Waals surface area contributed by atoms with Crippen molar-refractivity contribution in [1.82, 2.24) is 4.90 Å². The van der Waals surface area contributed by atoms with E-state index in [1.807, 2.05) is 29.3 Å². The molecule has 22 heavy (non-hydrogen) atoms. The van der Waals surface area contributed by atoms with Crippen LogP contribution in [0.2, 0.25) is 0 Å². The molecule has 0 bridgehead atoms. The van der Waals surface area contributed by atoms with Gasteiger partial charge >= 0.3 is 0 Å². The summed E-state index contributed by atoms with van der Waals surface area (Å²) in [5, 5.41) is 12.3. The van der Waals surface area contributed by atoms with Crippen LogP contribution in [0.15, 0.2) is 28.8 Å². The number of aliphatic hydroxyl groups excluding tert-OH is 1. The van der Waals surface area contributed by atoms with Crippen molar-refractivity contribution in [2.24, 2.45) is 0 Å². The Morgan fingerprint density at radius 2 is 2.41 bits per heavy atom. The lowest BCUT2D eigenvalue weighted by Gasteiger charge is -2.29. The number of allylic oxidation sites excluding steroid dienone is 1. The molecule has 1 saturated heterocycles. The number of carbonyl (C=O) groups excluding carboxylic acids is 1. The highest BCUT2D eigenvalue weighted by Gasteiger charge is 2.33. The molecule has 4 nitrogen and oxygen atoms in total. The summed E-state index contributed by atoms with van der Waals surface area (Å²) >= 11 is 1.57. The van der Waals surface area contributed by atoms with E-state index < -0.39 is 6.10 Å². The number of thiophene rings is 1. The molecule has 0 aromatic carbocycles. The van der Waals surface area contributed by atoms with E-state index in [2.05, 4.69) is 0 Å². The maximum Gasteiger partial charge on any atom is 0.253 e. The molecule has 2 atom stereocenters. The number of carbonyl (C=O) groups is 1. The Hall–Kier alpha value is -1.33. The van der Waals surface area contributed by atoms with Crippen molar-refractivity contribution in [3.05, 3.63) is 33.7 Å². The Balaban J connectivity index is 1.69. The highest BCUT2D eigenvalue weighted by molar-refractivity contribution is 7.10. The molecule has 0 spiro atoms. The van der Waals surface area contributed by atoms with Crippen LogP contribution in [0.5, 0.6) is 0 Å². The topological polar surface area (TPSA) is 49.8 Å². The average molecular weight is 321 g/mol. The van der Waals surface area contributed by atoms with Crippen molar-refractivity contribution in [3.8, 4) is 0 Å². The fourth-order valence-electron chi connectivity index (χ4n) is 3.37. The monoisotopic (exact) mass is 321 g/mol. The van der Waals surface area contributed by atoms with Gasteiger partial charge in [-0.3, -0.25) is 4.79 Å². The van der Waals surface area contributed by atoms with Gasteiger partial charge in [0.25, 0.3) is 5.91 Å². The highest BCUT2D eigenvalue weighted by Crippen LogP contribution is 2.31. The van der Waals surface area contributed by atoms with Crippen molar-refractivity contribution < 1.29 is 14.6 Å². The lowest BCUT2D eigenvalue weighted by molar-refractivity contribution is -0.129. The molecule has 120 valence electrons. The third-order valence-electron chi connectivity index (χ3n) is 4.58. The quantitative estimate of drug-likeness (QED) is 0.926. The summed E-state index contributed by atoms with van der Waals surface area (Å²) < 4.78 is 5.53. The van der Waals surface area contributed by atoms with E-state index in [1.165, 1.54) is 0 Å². The van der Waals surface area contributed by atoms with Crippen LogP contribution in [-0.2, 0) is 9.53 Å². The van der Waals surface area contributed by atoms with E-state index in [0.717, 1.165) is 48.4 Å². The summed E-state index contributed by atoms with van der Waals surface area (Å²) in [5.74, 6) is 0.888. The second-order valence-electron chi connectivity index (χ2n) is 6.05. The van der Waals surface area contributed by atoms with Crippen LogP contribution in [0.3, 0.4) is 0 Å². The standard InChI is InChI=1S/C17H23NO3S/c1-12-14(6-3-9-21-12)17(20)18-8-2-5-13(18)11-15(19)16-7-4-10-22-16/h4,7,10,13,15,19H,2-3,5-6,8-9,11H2,1H3. The predicted octanol–water partition coefficient (Wildman–Crippen LogP) is 3.25. The Bertz CT molecular complexity index is 552. The van der Waals surface area contributed by atoms with E-state index in [4.69, 9.17) is 4.74 Å². The molecule has 1 aromatic rings. The lowest BCUT2D eigenvalue weighted by atomic mass is 10.0. The second kappa shape index (κ2) is 6.84. The first-order valence-electron chi connectivity index (χ1n) is 8.02. The number of hydrogen-bond donors (Lipinski definition) is 1. The van der Waals surface area contributed by atoms with Crippen molar-refractivity contribution in [2.75, 3.05) is 13.2 Å². The van der Waals surface area contributed by atoms with Crippen molar-refractivity contribution in [1.29, 1.82) is 0 Å². The van der Waals surface area contributed by atoms with Gasteiger partial charge in [0.05, 0.1) is 18.3 Å². The minimum Gasteiger partial charge on any atom is -0.498 e. The zero-order valence-corrected chi connectivity index (χ0v) is 13.8. The molecule has 0 radical (unpaired) electrons. The first kappa shape index (κ1) is 15.6. The lowest BCUT2D eigenvalue weighted by Crippen LogP contribution is -2.38. The number of rotatable bonds is 4. The molecular weight excluding hydrogens is 298 g/mol. The molecule has 1 aromatic heterocycles. The molecule has 2 aliphatic heterocycles. The molecule has 1 fully saturated rings. The first-order chi connectivity index (χ1) is 10.7. The smallest absolute Gasteiger partial charge is 0.253 e. The number of likely N-dealkylation sites (tertiary alicyclic amines) is 1. The van der Waals surface area contributed by atoms with Gasteiger partial charge in [-0.15, -0.1) is 11.3 Å². The zero-order chi connectivity index (χ0) is 15.5. The zero-order valence-electron chi connectivity index (χ0n) is 13.0. The molecule has 1 N–H and O–H groups in total. The molecule has 3 heterocycles. The third kappa shape index (κ3) is 3.20. The first-order valence-corrected chi connectivity index (χ1v) is 8.89.